The highest BCUT2D eigenvalue weighted by atomic mass is 16.4. The Labute approximate surface area is 122 Å². The molecule has 4 rings (SSSR count). The normalized spacial score (nSPS) is 34.1. The molecule has 1 spiro atoms. The van der Waals surface area contributed by atoms with Gasteiger partial charge in [-0.1, -0.05) is 30.4 Å². The number of carbonyl (C=O) groups is 2. The van der Waals surface area contributed by atoms with Gasteiger partial charge in [0.05, 0.1) is 11.8 Å². The molecule has 108 valence electrons. The van der Waals surface area contributed by atoms with Crippen LogP contribution in [0.4, 0.5) is 5.69 Å². The fourth-order valence-corrected chi connectivity index (χ4v) is 4.44. The number of hydrogen-bond acceptors (Lipinski definition) is 2. The molecule has 4 nitrogen and oxygen atoms in total. The average molecular weight is 283 g/mol. The number of anilines is 1. The summed E-state index contributed by atoms with van der Waals surface area (Å²) in [6.45, 7) is 0. The number of aliphatic carboxylic acids is 1. The van der Waals surface area contributed by atoms with E-state index >= 15 is 0 Å². The topological polar surface area (TPSA) is 66.4 Å². The molecule has 0 aliphatic heterocycles. The zero-order valence-electron chi connectivity index (χ0n) is 11.5. The number of carboxylic acids is 1. The Balaban J connectivity index is 1.63. The van der Waals surface area contributed by atoms with E-state index < -0.39 is 17.8 Å². The van der Waals surface area contributed by atoms with Crippen molar-refractivity contribution in [3.63, 3.8) is 0 Å². The molecule has 0 radical (unpaired) electrons. The number of rotatable bonds is 3. The highest BCUT2D eigenvalue weighted by Gasteiger charge is 2.70. The summed E-state index contributed by atoms with van der Waals surface area (Å²) in [6, 6.07) is 9.24. The van der Waals surface area contributed by atoms with Crippen molar-refractivity contribution in [2.45, 2.75) is 12.8 Å². The molecule has 0 aromatic heterocycles. The minimum absolute atomic E-state index is 0.0338. The van der Waals surface area contributed by atoms with Gasteiger partial charge >= 0.3 is 5.97 Å². The van der Waals surface area contributed by atoms with Gasteiger partial charge in [0.2, 0.25) is 5.91 Å². The fraction of sp³-hybridized carbons (Fsp3) is 0.412. The second-order valence-electron chi connectivity index (χ2n) is 6.41. The number of benzene rings is 1. The van der Waals surface area contributed by atoms with Crippen molar-refractivity contribution in [1.29, 1.82) is 0 Å². The van der Waals surface area contributed by atoms with Crippen LogP contribution in [0.1, 0.15) is 12.8 Å². The van der Waals surface area contributed by atoms with Crippen LogP contribution >= 0.6 is 0 Å². The monoisotopic (exact) mass is 283 g/mol. The molecule has 4 atom stereocenters. The van der Waals surface area contributed by atoms with E-state index in [2.05, 4.69) is 11.4 Å². The van der Waals surface area contributed by atoms with Gasteiger partial charge in [0.25, 0.3) is 0 Å². The maximum Gasteiger partial charge on any atom is 0.307 e. The summed E-state index contributed by atoms with van der Waals surface area (Å²) in [5, 5.41) is 12.4. The first-order chi connectivity index (χ1) is 10.1. The summed E-state index contributed by atoms with van der Waals surface area (Å²) in [6.07, 6.45) is 6.21. The molecule has 2 fully saturated rings. The fourth-order valence-electron chi connectivity index (χ4n) is 4.44. The smallest absolute Gasteiger partial charge is 0.307 e. The third-order valence-corrected chi connectivity index (χ3v) is 5.47. The predicted molar refractivity (Wildman–Crippen MR) is 77.5 cm³/mol. The second-order valence-corrected chi connectivity index (χ2v) is 6.41. The number of allylic oxidation sites excluding steroid dienone is 2. The largest absolute Gasteiger partial charge is 0.481 e. The molecule has 2 bridgehead atoms. The molecule has 3 aliphatic carbocycles. The van der Waals surface area contributed by atoms with Crippen molar-refractivity contribution < 1.29 is 14.7 Å². The average Bonchev–Trinajstić information content (AvgIpc) is 3.13. The van der Waals surface area contributed by atoms with Gasteiger partial charge in [-0.15, -0.1) is 0 Å². The van der Waals surface area contributed by atoms with Crippen LogP contribution in [-0.2, 0) is 9.59 Å². The number of amides is 1. The predicted octanol–water partition coefficient (Wildman–Crippen LogP) is 2.54. The molecule has 2 saturated carbocycles. The number of nitrogens with one attached hydrogen (secondary N) is 1. The summed E-state index contributed by atoms with van der Waals surface area (Å²) < 4.78 is 0. The first-order valence-corrected chi connectivity index (χ1v) is 7.40. The van der Waals surface area contributed by atoms with E-state index in [1.807, 2.05) is 36.4 Å². The van der Waals surface area contributed by atoms with Crippen LogP contribution in [0, 0.1) is 29.1 Å². The quantitative estimate of drug-likeness (QED) is 0.838. The van der Waals surface area contributed by atoms with Crippen LogP contribution in [-0.4, -0.2) is 17.0 Å². The van der Waals surface area contributed by atoms with E-state index in [-0.39, 0.29) is 23.2 Å². The summed E-state index contributed by atoms with van der Waals surface area (Å²) in [5.74, 6) is -1.90. The van der Waals surface area contributed by atoms with Crippen molar-refractivity contribution in [1.82, 2.24) is 0 Å². The Hall–Kier alpha value is -2.10. The third kappa shape index (κ3) is 1.68. The minimum Gasteiger partial charge on any atom is -0.481 e. The lowest BCUT2D eigenvalue weighted by Gasteiger charge is -2.23. The molecule has 3 aliphatic rings. The number of para-hydroxylation sites is 1. The molecule has 1 amide bonds. The zero-order chi connectivity index (χ0) is 14.6. The van der Waals surface area contributed by atoms with Crippen LogP contribution in [0.25, 0.3) is 0 Å². The molecule has 4 heteroatoms. The van der Waals surface area contributed by atoms with Crippen LogP contribution in [0.5, 0.6) is 0 Å². The summed E-state index contributed by atoms with van der Waals surface area (Å²) >= 11 is 0. The third-order valence-electron chi connectivity index (χ3n) is 5.47. The molecule has 21 heavy (non-hydrogen) atoms. The molecule has 1 aromatic carbocycles. The Bertz CT molecular complexity index is 633. The molecule has 0 heterocycles. The lowest BCUT2D eigenvalue weighted by molar-refractivity contribution is -0.146. The lowest BCUT2D eigenvalue weighted by atomic mass is 9.82. The van der Waals surface area contributed by atoms with Gasteiger partial charge in [-0.05, 0) is 42.2 Å². The molecular formula is C17H17NO3. The van der Waals surface area contributed by atoms with E-state index in [4.69, 9.17) is 0 Å². The lowest BCUT2D eigenvalue weighted by Crippen LogP contribution is -2.36. The Kier molecular flexibility index (Phi) is 2.52. The molecular weight excluding hydrogens is 266 g/mol. The first-order valence-electron chi connectivity index (χ1n) is 7.40. The van der Waals surface area contributed by atoms with Crippen molar-refractivity contribution in [3.05, 3.63) is 42.5 Å². The van der Waals surface area contributed by atoms with Crippen LogP contribution in [0.15, 0.2) is 42.5 Å². The van der Waals surface area contributed by atoms with Crippen molar-refractivity contribution in [2.75, 3.05) is 5.32 Å². The van der Waals surface area contributed by atoms with Crippen LogP contribution in [0.2, 0.25) is 0 Å². The highest BCUT2D eigenvalue weighted by molar-refractivity contribution is 5.96. The zero-order valence-corrected chi connectivity index (χ0v) is 11.5. The molecule has 0 saturated heterocycles. The van der Waals surface area contributed by atoms with Gasteiger partial charge in [0.1, 0.15) is 0 Å². The Morgan fingerprint density at radius 1 is 1.05 bits per heavy atom. The Morgan fingerprint density at radius 3 is 2.24 bits per heavy atom. The second kappa shape index (κ2) is 4.20. The number of hydrogen-bond donors (Lipinski definition) is 2. The maximum absolute atomic E-state index is 12.6. The van der Waals surface area contributed by atoms with Gasteiger partial charge < -0.3 is 10.4 Å². The van der Waals surface area contributed by atoms with Crippen molar-refractivity contribution in [3.8, 4) is 0 Å². The van der Waals surface area contributed by atoms with Gasteiger partial charge in [0, 0.05) is 5.69 Å². The Morgan fingerprint density at radius 2 is 1.67 bits per heavy atom. The van der Waals surface area contributed by atoms with E-state index in [0.717, 1.165) is 18.5 Å². The first kappa shape index (κ1) is 12.6. The van der Waals surface area contributed by atoms with E-state index in [0.29, 0.717) is 0 Å². The van der Waals surface area contributed by atoms with Crippen molar-refractivity contribution >= 4 is 17.6 Å². The molecule has 0 unspecified atom stereocenters. The van der Waals surface area contributed by atoms with Gasteiger partial charge in [-0.25, -0.2) is 0 Å². The van der Waals surface area contributed by atoms with Gasteiger partial charge in [-0.3, -0.25) is 9.59 Å². The standard InChI is InChI=1S/C17H17NO3/c19-15(18-10-4-2-1-3-5-10)13-11-6-7-12(14(13)16(20)21)17(11)8-9-17/h1-7,11-14H,8-9H2,(H,18,19)(H,20,21)/t11-,12-,13-,14-/m0/s1. The number of carboxylic acid groups (broad SMARTS) is 1. The van der Waals surface area contributed by atoms with Crippen LogP contribution < -0.4 is 5.32 Å². The van der Waals surface area contributed by atoms with Crippen LogP contribution in [0.3, 0.4) is 0 Å². The maximum atomic E-state index is 12.6. The van der Waals surface area contributed by atoms with Gasteiger partial charge in [-0.2, -0.15) is 0 Å². The van der Waals surface area contributed by atoms with E-state index in [9.17, 15) is 14.7 Å². The van der Waals surface area contributed by atoms with E-state index in [1.54, 1.807) is 0 Å². The summed E-state index contributed by atoms with van der Waals surface area (Å²) in [4.78, 5) is 24.3. The van der Waals surface area contributed by atoms with Gasteiger partial charge in [0.15, 0.2) is 0 Å². The SMILES string of the molecule is O=C(O)[C@@H]1[C@@H](C(=O)Nc2ccccc2)[C@@H]2C=C[C@@H]1C21CC1. The summed E-state index contributed by atoms with van der Waals surface area (Å²) in [5.41, 5.74) is 0.796. The molecule has 1 aromatic rings. The molecule has 2 N–H and O–H groups in total. The highest BCUT2D eigenvalue weighted by Crippen LogP contribution is 2.72. The summed E-state index contributed by atoms with van der Waals surface area (Å²) in [7, 11) is 0. The number of carbonyl (C=O) groups excluding carboxylic acids is 1. The minimum atomic E-state index is -0.841. The van der Waals surface area contributed by atoms with E-state index in [1.165, 1.54) is 0 Å². The van der Waals surface area contributed by atoms with Crippen molar-refractivity contribution in [2.24, 2.45) is 29.1 Å².